The highest BCUT2D eigenvalue weighted by atomic mass is 35.5. The van der Waals surface area contributed by atoms with Crippen molar-refractivity contribution in [3.8, 4) is 0 Å². The summed E-state index contributed by atoms with van der Waals surface area (Å²) in [5, 5.41) is 12.6. The molecule has 1 aromatic heterocycles. The molecular weight excluding hydrogens is 272 g/mol. The molecule has 4 nitrogen and oxygen atoms in total. The van der Waals surface area contributed by atoms with Gasteiger partial charge in [-0.05, 0) is 12.1 Å². The fourth-order valence-corrected chi connectivity index (χ4v) is 2.79. The number of halogens is 1. The van der Waals surface area contributed by atoms with Crippen molar-refractivity contribution >= 4 is 39.8 Å². The second-order valence-electron chi connectivity index (χ2n) is 3.84. The number of hydrogen-bond donors (Lipinski definition) is 0. The number of benzene rings is 1. The van der Waals surface area contributed by atoms with Gasteiger partial charge in [0.1, 0.15) is 0 Å². The van der Waals surface area contributed by atoms with E-state index in [9.17, 15) is 10.1 Å². The molecule has 0 N–H and O–H groups in total. The Hall–Kier alpha value is -1.33. The fourth-order valence-electron chi connectivity index (χ4n) is 1.66. The first-order valence-corrected chi connectivity index (χ1v) is 6.78. The lowest BCUT2D eigenvalue weighted by Gasteiger charge is -2.10. The highest BCUT2D eigenvalue weighted by Gasteiger charge is 2.15. The van der Waals surface area contributed by atoms with Crippen LogP contribution in [0.25, 0.3) is 10.8 Å². The predicted molar refractivity (Wildman–Crippen MR) is 74.4 cm³/mol. The fraction of sp³-hybridized carbons (Fsp3) is 0.250. The maximum atomic E-state index is 11.0. The maximum Gasteiger partial charge on any atom is 0.278 e. The number of thioether (sulfide) groups is 1. The van der Waals surface area contributed by atoms with Gasteiger partial charge in [-0.25, -0.2) is 0 Å². The lowest BCUT2D eigenvalue weighted by atomic mass is 10.1. The van der Waals surface area contributed by atoms with Crippen LogP contribution in [0.1, 0.15) is 6.92 Å². The average Bonchev–Trinajstić information content (AvgIpc) is 2.38. The van der Waals surface area contributed by atoms with Crippen LogP contribution in [0.5, 0.6) is 0 Å². The molecule has 0 fully saturated rings. The zero-order chi connectivity index (χ0) is 13.1. The molecule has 0 bridgehead atoms. The van der Waals surface area contributed by atoms with Crippen LogP contribution in [0, 0.1) is 10.1 Å². The summed E-state index contributed by atoms with van der Waals surface area (Å²) in [4.78, 5) is 15.5. The molecule has 1 unspecified atom stereocenters. The van der Waals surface area contributed by atoms with Crippen molar-refractivity contribution in [2.45, 2.75) is 17.1 Å². The van der Waals surface area contributed by atoms with Crippen molar-refractivity contribution in [1.29, 1.82) is 0 Å². The number of non-ortho nitro benzene ring substituents is 1. The zero-order valence-corrected chi connectivity index (χ0v) is 11.2. The topological polar surface area (TPSA) is 56.0 Å². The van der Waals surface area contributed by atoms with Crippen LogP contribution in [0.15, 0.2) is 35.5 Å². The van der Waals surface area contributed by atoms with Crippen molar-refractivity contribution < 1.29 is 4.92 Å². The molecule has 1 aromatic carbocycles. The number of nitro benzene ring substituents is 1. The van der Waals surface area contributed by atoms with Gasteiger partial charge in [0.2, 0.25) is 0 Å². The molecule has 0 aliphatic heterocycles. The predicted octanol–water partition coefficient (Wildman–Crippen LogP) is 3.86. The average molecular weight is 283 g/mol. The second-order valence-corrected chi connectivity index (χ2v) is 5.63. The van der Waals surface area contributed by atoms with E-state index in [4.69, 9.17) is 11.6 Å². The van der Waals surface area contributed by atoms with Gasteiger partial charge in [-0.2, -0.15) is 0 Å². The van der Waals surface area contributed by atoms with Gasteiger partial charge in [-0.15, -0.1) is 23.4 Å². The van der Waals surface area contributed by atoms with Crippen LogP contribution in [0.3, 0.4) is 0 Å². The second kappa shape index (κ2) is 5.54. The van der Waals surface area contributed by atoms with Crippen molar-refractivity contribution in [2.24, 2.45) is 0 Å². The number of alkyl halides is 1. The molecule has 2 aromatic rings. The zero-order valence-electron chi connectivity index (χ0n) is 9.67. The van der Waals surface area contributed by atoms with Crippen LogP contribution in [0.2, 0.25) is 0 Å². The quantitative estimate of drug-likeness (QED) is 0.370. The van der Waals surface area contributed by atoms with Gasteiger partial charge in [0.25, 0.3) is 5.69 Å². The van der Waals surface area contributed by atoms with E-state index in [1.54, 1.807) is 30.1 Å². The number of nitro groups is 1. The van der Waals surface area contributed by atoms with Crippen molar-refractivity contribution in [3.63, 3.8) is 0 Å². The number of pyridine rings is 1. The first-order valence-electron chi connectivity index (χ1n) is 5.37. The summed E-state index contributed by atoms with van der Waals surface area (Å²) in [7, 11) is 0. The van der Waals surface area contributed by atoms with Gasteiger partial charge >= 0.3 is 0 Å². The Kier molecular flexibility index (Phi) is 4.04. The van der Waals surface area contributed by atoms with E-state index in [0.29, 0.717) is 11.3 Å². The normalized spacial score (nSPS) is 12.6. The smallest absolute Gasteiger partial charge is 0.264 e. The molecule has 0 aliphatic carbocycles. The number of fused-ring (bicyclic) bond motifs is 1. The number of hydrogen-bond acceptors (Lipinski definition) is 4. The van der Waals surface area contributed by atoms with Crippen LogP contribution in [-0.4, -0.2) is 21.0 Å². The Morgan fingerprint density at radius 2 is 2.22 bits per heavy atom. The van der Waals surface area contributed by atoms with Crippen LogP contribution < -0.4 is 0 Å². The van der Waals surface area contributed by atoms with E-state index in [1.165, 1.54) is 12.3 Å². The lowest BCUT2D eigenvalue weighted by Crippen LogP contribution is -1.97. The largest absolute Gasteiger partial charge is 0.278 e. The Morgan fingerprint density at radius 1 is 1.44 bits per heavy atom. The van der Waals surface area contributed by atoms with Gasteiger partial charge in [0, 0.05) is 39.9 Å². The van der Waals surface area contributed by atoms with Crippen molar-refractivity contribution in [2.75, 3.05) is 5.88 Å². The molecule has 1 heterocycles. The number of rotatable bonds is 4. The van der Waals surface area contributed by atoms with E-state index in [1.807, 2.05) is 6.92 Å². The molecular formula is C12H11ClN2O2S. The van der Waals surface area contributed by atoms with Crippen LogP contribution >= 0.6 is 23.4 Å². The summed E-state index contributed by atoms with van der Waals surface area (Å²) in [5.41, 5.74) is 0.0842. The molecule has 0 spiro atoms. The molecule has 18 heavy (non-hydrogen) atoms. The van der Waals surface area contributed by atoms with Gasteiger partial charge in [0.05, 0.1) is 10.3 Å². The highest BCUT2D eigenvalue weighted by molar-refractivity contribution is 8.00. The van der Waals surface area contributed by atoms with Crippen molar-refractivity contribution in [3.05, 3.63) is 40.7 Å². The third-order valence-electron chi connectivity index (χ3n) is 2.50. The highest BCUT2D eigenvalue weighted by Crippen LogP contribution is 2.35. The molecule has 0 saturated carbocycles. The molecule has 0 amide bonds. The van der Waals surface area contributed by atoms with Crippen LogP contribution in [0.4, 0.5) is 5.69 Å². The molecule has 0 aliphatic rings. The third-order valence-corrected chi connectivity index (χ3v) is 4.32. The molecule has 6 heteroatoms. The van der Waals surface area contributed by atoms with Gasteiger partial charge in [-0.3, -0.25) is 15.1 Å². The van der Waals surface area contributed by atoms with E-state index >= 15 is 0 Å². The standard InChI is InChI=1S/C12H11ClN2O2S/c1-8(6-13)18-12-3-2-11(15(16)17)10-7-14-5-4-9(10)12/h2-5,7-8H,6H2,1H3. The van der Waals surface area contributed by atoms with Crippen molar-refractivity contribution in [1.82, 2.24) is 4.98 Å². The van der Waals surface area contributed by atoms with E-state index in [0.717, 1.165) is 10.3 Å². The first kappa shape index (κ1) is 13.1. The summed E-state index contributed by atoms with van der Waals surface area (Å²) in [6, 6.07) is 5.09. The Balaban J connectivity index is 2.57. The Bertz CT molecular complexity index is 591. The third kappa shape index (κ3) is 2.57. The van der Waals surface area contributed by atoms with Gasteiger partial charge < -0.3 is 0 Å². The monoisotopic (exact) mass is 282 g/mol. The van der Waals surface area contributed by atoms with Gasteiger partial charge in [0.15, 0.2) is 0 Å². The summed E-state index contributed by atoms with van der Waals surface area (Å²) < 4.78 is 0. The molecule has 0 saturated heterocycles. The maximum absolute atomic E-state index is 11.0. The van der Waals surface area contributed by atoms with E-state index < -0.39 is 0 Å². The summed E-state index contributed by atoms with van der Waals surface area (Å²) >= 11 is 7.40. The number of nitrogens with zero attached hydrogens (tertiary/aromatic N) is 2. The molecule has 94 valence electrons. The summed E-state index contributed by atoms with van der Waals surface area (Å²) in [6.45, 7) is 2.02. The van der Waals surface area contributed by atoms with Crippen LogP contribution in [-0.2, 0) is 0 Å². The Labute approximate surface area is 114 Å². The van der Waals surface area contributed by atoms with E-state index in [-0.39, 0.29) is 15.9 Å². The lowest BCUT2D eigenvalue weighted by molar-refractivity contribution is -0.383. The number of aromatic nitrogens is 1. The minimum atomic E-state index is -0.385. The minimum Gasteiger partial charge on any atom is -0.264 e. The molecule has 2 rings (SSSR count). The minimum absolute atomic E-state index is 0.0842. The SMILES string of the molecule is CC(CCl)Sc1ccc([N+](=O)[O-])c2cnccc12. The van der Waals surface area contributed by atoms with Gasteiger partial charge in [-0.1, -0.05) is 6.92 Å². The molecule has 1 atom stereocenters. The first-order chi connectivity index (χ1) is 8.63. The summed E-state index contributed by atoms with van der Waals surface area (Å²) in [5.74, 6) is 0.536. The molecule has 0 radical (unpaired) electrons. The van der Waals surface area contributed by atoms with E-state index in [2.05, 4.69) is 4.98 Å². The summed E-state index contributed by atoms with van der Waals surface area (Å²) in [6.07, 6.45) is 3.17. The Morgan fingerprint density at radius 3 is 2.89 bits per heavy atom.